The van der Waals surface area contributed by atoms with Crippen LogP contribution in [0.5, 0.6) is 0 Å². The maximum absolute atomic E-state index is 10.5. The smallest absolute Gasteiger partial charge is 0.330 e. The second-order valence-corrected chi connectivity index (χ2v) is 2.94. The highest BCUT2D eigenvalue weighted by molar-refractivity contribution is 5.53. The average molecular weight is 184 g/mol. The standard InChI is InChI=1S/C7H12N4O2/c1-5(2)10-4-6(11(12)13)7(8-3)9-10/h4-5H,1-3H3,(H,8,9). The Labute approximate surface area is 75.7 Å². The van der Waals surface area contributed by atoms with Crippen LogP contribution in [0.1, 0.15) is 19.9 Å². The van der Waals surface area contributed by atoms with E-state index in [9.17, 15) is 10.1 Å². The average Bonchev–Trinajstić information content (AvgIpc) is 2.47. The maximum Gasteiger partial charge on any atom is 0.330 e. The molecule has 0 aliphatic rings. The zero-order chi connectivity index (χ0) is 10.0. The van der Waals surface area contributed by atoms with Crippen LogP contribution >= 0.6 is 0 Å². The first-order chi connectivity index (χ1) is 6.06. The molecule has 1 N–H and O–H groups in total. The van der Waals surface area contributed by atoms with E-state index in [2.05, 4.69) is 10.4 Å². The van der Waals surface area contributed by atoms with Crippen molar-refractivity contribution in [3.8, 4) is 0 Å². The van der Waals surface area contributed by atoms with Gasteiger partial charge in [-0.15, -0.1) is 5.10 Å². The molecule has 0 aromatic carbocycles. The molecule has 0 aliphatic heterocycles. The van der Waals surface area contributed by atoms with Gasteiger partial charge in [-0.1, -0.05) is 0 Å². The third-order valence-electron chi connectivity index (χ3n) is 1.68. The number of hydrogen-bond acceptors (Lipinski definition) is 4. The van der Waals surface area contributed by atoms with Crippen molar-refractivity contribution in [3.05, 3.63) is 16.3 Å². The molecule has 0 radical (unpaired) electrons. The minimum Gasteiger partial charge on any atom is -0.366 e. The molecule has 0 fully saturated rings. The summed E-state index contributed by atoms with van der Waals surface area (Å²) in [5.41, 5.74) is 0.0104. The molecule has 6 nitrogen and oxygen atoms in total. The van der Waals surface area contributed by atoms with Gasteiger partial charge >= 0.3 is 5.69 Å². The molecule has 72 valence electrons. The molecule has 6 heteroatoms. The molecule has 0 amide bonds. The minimum absolute atomic E-state index is 0.0104. The van der Waals surface area contributed by atoms with Gasteiger partial charge in [-0.25, -0.2) is 0 Å². The predicted octanol–water partition coefficient (Wildman–Crippen LogP) is 1.41. The lowest BCUT2D eigenvalue weighted by molar-refractivity contribution is -0.384. The van der Waals surface area contributed by atoms with Gasteiger partial charge in [0.25, 0.3) is 0 Å². The number of aromatic nitrogens is 2. The van der Waals surface area contributed by atoms with Crippen molar-refractivity contribution in [2.24, 2.45) is 0 Å². The Morgan fingerprint density at radius 1 is 1.69 bits per heavy atom. The summed E-state index contributed by atoms with van der Waals surface area (Å²) in [6, 6.07) is 0.126. The van der Waals surface area contributed by atoms with E-state index in [4.69, 9.17) is 0 Å². The van der Waals surface area contributed by atoms with E-state index in [1.807, 2.05) is 13.8 Å². The summed E-state index contributed by atoms with van der Waals surface area (Å²) in [4.78, 5) is 10.1. The zero-order valence-corrected chi connectivity index (χ0v) is 7.81. The van der Waals surface area contributed by atoms with Gasteiger partial charge in [0.2, 0.25) is 5.82 Å². The lowest BCUT2D eigenvalue weighted by Gasteiger charge is -2.01. The molecule has 0 spiro atoms. The molecule has 0 saturated heterocycles. The Morgan fingerprint density at radius 2 is 2.31 bits per heavy atom. The number of hydrogen-bond donors (Lipinski definition) is 1. The summed E-state index contributed by atoms with van der Waals surface area (Å²) < 4.78 is 1.56. The van der Waals surface area contributed by atoms with Crippen molar-refractivity contribution < 1.29 is 4.92 Å². The maximum atomic E-state index is 10.5. The fourth-order valence-corrected chi connectivity index (χ4v) is 0.958. The Bertz CT molecular complexity index is 318. The number of rotatable bonds is 3. The monoisotopic (exact) mass is 184 g/mol. The molecule has 13 heavy (non-hydrogen) atoms. The molecular weight excluding hydrogens is 172 g/mol. The lowest BCUT2D eigenvalue weighted by atomic mass is 10.4. The second kappa shape index (κ2) is 3.42. The first-order valence-corrected chi connectivity index (χ1v) is 3.97. The quantitative estimate of drug-likeness (QED) is 0.569. The van der Waals surface area contributed by atoms with Gasteiger partial charge < -0.3 is 5.32 Å². The lowest BCUT2D eigenvalue weighted by Crippen LogP contribution is -2.01. The van der Waals surface area contributed by atoms with Crippen molar-refractivity contribution in [3.63, 3.8) is 0 Å². The summed E-state index contributed by atoms with van der Waals surface area (Å²) in [7, 11) is 1.61. The van der Waals surface area contributed by atoms with Gasteiger partial charge in [-0.05, 0) is 13.8 Å². The summed E-state index contributed by atoms with van der Waals surface area (Å²) in [6.45, 7) is 3.83. The Morgan fingerprint density at radius 3 is 2.62 bits per heavy atom. The topological polar surface area (TPSA) is 73.0 Å². The zero-order valence-electron chi connectivity index (χ0n) is 7.81. The van der Waals surface area contributed by atoms with Crippen LogP contribution in [-0.4, -0.2) is 21.8 Å². The van der Waals surface area contributed by atoms with Gasteiger partial charge in [0.05, 0.1) is 4.92 Å². The van der Waals surface area contributed by atoms with E-state index >= 15 is 0 Å². The highest BCUT2D eigenvalue weighted by atomic mass is 16.6. The van der Waals surface area contributed by atoms with Crippen molar-refractivity contribution in [1.29, 1.82) is 0 Å². The SMILES string of the molecule is CNc1nn(C(C)C)cc1[N+](=O)[O-]. The molecule has 1 aromatic heterocycles. The van der Waals surface area contributed by atoms with Crippen LogP contribution in [0.25, 0.3) is 0 Å². The first-order valence-electron chi connectivity index (χ1n) is 3.97. The van der Waals surface area contributed by atoms with Crippen LogP contribution in [0.4, 0.5) is 11.5 Å². The first kappa shape index (κ1) is 9.50. The third kappa shape index (κ3) is 1.77. The van der Waals surface area contributed by atoms with Crippen LogP contribution in [-0.2, 0) is 0 Å². The summed E-state index contributed by atoms with van der Waals surface area (Å²) in [5, 5.41) is 17.2. The normalized spacial score (nSPS) is 10.5. The molecule has 1 aromatic rings. The molecule has 0 unspecified atom stereocenters. The summed E-state index contributed by atoms with van der Waals surface area (Å²) in [5.74, 6) is 0.304. The van der Waals surface area contributed by atoms with E-state index in [-0.39, 0.29) is 11.7 Å². The van der Waals surface area contributed by atoms with E-state index in [0.29, 0.717) is 5.82 Å². The molecule has 1 rings (SSSR count). The van der Waals surface area contributed by atoms with Crippen LogP contribution in [0, 0.1) is 10.1 Å². The highest BCUT2D eigenvalue weighted by Gasteiger charge is 2.18. The van der Waals surface area contributed by atoms with Crippen LogP contribution < -0.4 is 5.32 Å². The number of nitro groups is 1. The van der Waals surface area contributed by atoms with E-state index < -0.39 is 4.92 Å². The van der Waals surface area contributed by atoms with Crippen LogP contribution in [0.3, 0.4) is 0 Å². The van der Waals surface area contributed by atoms with Gasteiger partial charge in [0.1, 0.15) is 6.20 Å². The van der Waals surface area contributed by atoms with Crippen molar-refractivity contribution >= 4 is 11.5 Å². The molecule has 0 bridgehead atoms. The number of nitrogens with one attached hydrogen (secondary N) is 1. The van der Waals surface area contributed by atoms with Crippen molar-refractivity contribution in [2.45, 2.75) is 19.9 Å². The van der Waals surface area contributed by atoms with Crippen molar-refractivity contribution in [1.82, 2.24) is 9.78 Å². The molecule has 0 atom stereocenters. The van der Waals surface area contributed by atoms with Gasteiger partial charge in [-0.3, -0.25) is 14.8 Å². The van der Waals surface area contributed by atoms with Crippen molar-refractivity contribution in [2.75, 3.05) is 12.4 Å². The highest BCUT2D eigenvalue weighted by Crippen LogP contribution is 2.23. The number of anilines is 1. The van der Waals surface area contributed by atoms with Crippen LogP contribution in [0.2, 0.25) is 0 Å². The van der Waals surface area contributed by atoms with E-state index in [0.717, 1.165) is 0 Å². The Hall–Kier alpha value is -1.59. The minimum atomic E-state index is -0.447. The Balaban J connectivity index is 3.11. The number of nitrogens with zero attached hydrogens (tertiary/aromatic N) is 3. The molecule has 0 saturated carbocycles. The second-order valence-electron chi connectivity index (χ2n) is 2.94. The van der Waals surface area contributed by atoms with E-state index in [1.165, 1.54) is 6.20 Å². The van der Waals surface area contributed by atoms with Crippen LogP contribution in [0.15, 0.2) is 6.20 Å². The molecular formula is C7H12N4O2. The Kier molecular flexibility index (Phi) is 2.50. The third-order valence-corrected chi connectivity index (χ3v) is 1.68. The fourth-order valence-electron chi connectivity index (χ4n) is 0.958. The van der Waals surface area contributed by atoms with Gasteiger partial charge in [0, 0.05) is 13.1 Å². The molecule has 0 aliphatic carbocycles. The molecule has 1 heterocycles. The predicted molar refractivity (Wildman–Crippen MR) is 48.8 cm³/mol. The van der Waals surface area contributed by atoms with Gasteiger partial charge in [-0.2, -0.15) is 0 Å². The fraction of sp³-hybridized carbons (Fsp3) is 0.571. The largest absolute Gasteiger partial charge is 0.366 e. The summed E-state index contributed by atoms with van der Waals surface area (Å²) >= 11 is 0. The van der Waals surface area contributed by atoms with E-state index in [1.54, 1.807) is 11.7 Å². The van der Waals surface area contributed by atoms with Gasteiger partial charge in [0.15, 0.2) is 0 Å². The summed E-state index contributed by atoms with van der Waals surface area (Å²) in [6.07, 6.45) is 1.43.